The Morgan fingerprint density at radius 3 is 2.44 bits per heavy atom. The third-order valence-corrected chi connectivity index (χ3v) is 3.15. The summed E-state index contributed by atoms with van der Waals surface area (Å²) < 4.78 is 37.8. The molecule has 0 aliphatic carbocycles. The number of benzene rings is 1. The highest BCUT2D eigenvalue weighted by atomic mass is 79.9. The van der Waals surface area contributed by atoms with Crippen LogP contribution in [0.15, 0.2) is 22.7 Å². The standard InChI is InChI=1S/C12H16BrF3N2/c1-8(6-17-2)7-18-11-4-3-9(5-10(11)13)12(14,15)16/h3-5,8,17-18H,6-7H2,1-2H3. The Kier molecular flexibility index (Phi) is 5.47. The summed E-state index contributed by atoms with van der Waals surface area (Å²) in [4.78, 5) is 0. The van der Waals surface area contributed by atoms with Crippen molar-refractivity contribution in [2.24, 2.45) is 5.92 Å². The van der Waals surface area contributed by atoms with Gasteiger partial charge in [-0.1, -0.05) is 6.92 Å². The van der Waals surface area contributed by atoms with Crippen LogP contribution in [-0.2, 0) is 6.18 Å². The van der Waals surface area contributed by atoms with Crippen molar-refractivity contribution in [2.75, 3.05) is 25.5 Å². The predicted molar refractivity (Wildman–Crippen MR) is 70.7 cm³/mol. The number of hydrogen-bond donors (Lipinski definition) is 2. The van der Waals surface area contributed by atoms with Crippen molar-refractivity contribution in [3.63, 3.8) is 0 Å². The first kappa shape index (κ1) is 15.3. The lowest BCUT2D eigenvalue weighted by Crippen LogP contribution is -2.23. The van der Waals surface area contributed by atoms with Gasteiger partial charge in [0.05, 0.1) is 5.56 Å². The molecule has 0 aromatic heterocycles. The Bertz CT molecular complexity index is 393. The van der Waals surface area contributed by atoms with Gasteiger partial charge in [0.15, 0.2) is 0 Å². The van der Waals surface area contributed by atoms with Gasteiger partial charge in [-0.05, 0) is 53.6 Å². The number of anilines is 1. The topological polar surface area (TPSA) is 24.1 Å². The van der Waals surface area contributed by atoms with E-state index in [1.165, 1.54) is 6.07 Å². The molecule has 1 rings (SSSR count). The van der Waals surface area contributed by atoms with Crippen molar-refractivity contribution in [1.29, 1.82) is 0 Å². The van der Waals surface area contributed by atoms with Crippen molar-refractivity contribution in [1.82, 2.24) is 5.32 Å². The highest BCUT2D eigenvalue weighted by Crippen LogP contribution is 2.33. The lowest BCUT2D eigenvalue weighted by molar-refractivity contribution is -0.137. The zero-order valence-corrected chi connectivity index (χ0v) is 11.8. The number of nitrogens with one attached hydrogen (secondary N) is 2. The largest absolute Gasteiger partial charge is 0.416 e. The smallest absolute Gasteiger partial charge is 0.384 e. The second kappa shape index (κ2) is 6.43. The summed E-state index contributed by atoms with van der Waals surface area (Å²) in [6.07, 6.45) is -4.31. The molecule has 0 amide bonds. The van der Waals surface area contributed by atoms with Gasteiger partial charge in [0.2, 0.25) is 0 Å². The van der Waals surface area contributed by atoms with Gasteiger partial charge in [-0.2, -0.15) is 13.2 Å². The molecule has 18 heavy (non-hydrogen) atoms. The Balaban J connectivity index is 2.69. The molecular formula is C12H16BrF3N2. The number of hydrogen-bond acceptors (Lipinski definition) is 2. The minimum Gasteiger partial charge on any atom is -0.384 e. The quantitative estimate of drug-likeness (QED) is 0.862. The first-order valence-electron chi connectivity index (χ1n) is 5.59. The van der Waals surface area contributed by atoms with Gasteiger partial charge in [-0.3, -0.25) is 0 Å². The molecule has 2 N–H and O–H groups in total. The van der Waals surface area contributed by atoms with Crippen LogP contribution < -0.4 is 10.6 Å². The van der Waals surface area contributed by atoms with E-state index in [-0.39, 0.29) is 0 Å². The fraction of sp³-hybridized carbons (Fsp3) is 0.500. The van der Waals surface area contributed by atoms with E-state index in [1.54, 1.807) is 0 Å². The average Bonchev–Trinajstić information content (AvgIpc) is 2.26. The van der Waals surface area contributed by atoms with Crippen LogP contribution in [0.2, 0.25) is 0 Å². The van der Waals surface area contributed by atoms with Crippen LogP contribution in [0, 0.1) is 5.92 Å². The highest BCUT2D eigenvalue weighted by molar-refractivity contribution is 9.10. The van der Waals surface area contributed by atoms with Crippen molar-refractivity contribution in [2.45, 2.75) is 13.1 Å². The van der Waals surface area contributed by atoms with E-state index in [1.807, 2.05) is 7.05 Å². The van der Waals surface area contributed by atoms with E-state index in [9.17, 15) is 13.2 Å². The molecule has 1 aromatic rings. The summed E-state index contributed by atoms with van der Waals surface area (Å²) >= 11 is 3.15. The van der Waals surface area contributed by atoms with Crippen LogP contribution in [0.1, 0.15) is 12.5 Å². The number of halogens is 4. The average molecular weight is 325 g/mol. The van der Waals surface area contributed by atoms with Gasteiger partial charge < -0.3 is 10.6 Å². The number of rotatable bonds is 5. The van der Waals surface area contributed by atoms with Gasteiger partial charge >= 0.3 is 6.18 Å². The van der Waals surface area contributed by atoms with Gasteiger partial charge in [-0.15, -0.1) is 0 Å². The van der Waals surface area contributed by atoms with Gasteiger partial charge in [0, 0.05) is 16.7 Å². The van der Waals surface area contributed by atoms with E-state index < -0.39 is 11.7 Å². The van der Waals surface area contributed by atoms with Crippen molar-refractivity contribution >= 4 is 21.6 Å². The molecule has 0 saturated heterocycles. The summed E-state index contributed by atoms with van der Waals surface area (Å²) in [5.74, 6) is 0.393. The third kappa shape index (κ3) is 4.49. The Morgan fingerprint density at radius 2 is 1.94 bits per heavy atom. The first-order chi connectivity index (χ1) is 8.34. The molecule has 102 valence electrons. The van der Waals surface area contributed by atoms with Crippen LogP contribution in [0.3, 0.4) is 0 Å². The minimum atomic E-state index is -4.31. The van der Waals surface area contributed by atoms with Crippen LogP contribution in [-0.4, -0.2) is 20.1 Å². The van der Waals surface area contributed by atoms with Gasteiger partial charge in [-0.25, -0.2) is 0 Å². The normalized spacial score (nSPS) is 13.4. The molecule has 1 unspecified atom stereocenters. The molecule has 0 fully saturated rings. The van der Waals surface area contributed by atoms with E-state index in [4.69, 9.17) is 0 Å². The van der Waals surface area contributed by atoms with E-state index in [0.717, 1.165) is 18.7 Å². The van der Waals surface area contributed by atoms with Crippen LogP contribution in [0.4, 0.5) is 18.9 Å². The highest BCUT2D eigenvalue weighted by Gasteiger charge is 2.30. The maximum Gasteiger partial charge on any atom is 0.416 e. The molecule has 0 aliphatic heterocycles. The van der Waals surface area contributed by atoms with Crippen molar-refractivity contribution in [3.05, 3.63) is 28.2 Å². The molecule has 1 aromatic carbocycles. The molecule has 0 radical (unpaired) electrons. The molecule has 2 nitrogen and oxygen atoms in total. The van der Waals surface area contributed by atoms with Crippen LogP contribution in [0.25, 0.3) is 0 Å². The fourth-order valence-corrected chi connectivity index (χ4v) is 2.06. The van der Waals surface area contributed by atoms with Crippen LogP contribution >= 0.6 is 15.9 Å². The molecule has 0 aliphatic rings. The summed E-state index contributed by atoms with van der Waals surface area (Å²) in [5, 5.41) is 6.17. The SMILES string of the molecule is CNCC(C)CNc1ccc(C(F)(F)F)cc1Br. The van der Waals surface area contributed by atoms with Gasteiger partial charge in [0.25, 0.3) is 0 Å². The Morgan fingerprint density at radius 1 is 1.28 bits per heavy atom. The second-order valence-corrected chi connectivity index (χ2v) is 5.09. The summed E-state index contributed by atoms with van der Waals surface area (Å²) in [6, 6.07) is 3.61. The molecular weight excluding hydrogens is 309 g/mol. The molecule has 0 spiro atoms. The van der Waals surface area contributed by atoms with Crippen LogP contribution in [0.5, 0.6) is 0 Å². The third-order valence-electron chi connectivity index (χ3n) is 2.49. The second-order valence-electron chi connectivity index (χ2n) is 4.24. The zero-order chi connectivity index (χ0) is 13.8. The van der Waals surface area contributed by atoms with Crippen molar-refractivity contribution < 1.29 is 13.2 Å². The van der Waals surface area contributed by atoms with E-state index in [0.29, 0.717) is 22.6 Å². The lowest BCUT2D eigenvalue weighted by atomic mass is 10.1. The molecule has 0 bridgehead atoms. The maximum absolute atomic E-state index is 12.5. The summed E-state index contributed by atoms with van der Waals surface area (Å²) in [5.41, 5.74) is 0.0224. The first-order valence-corrected chi connectivity index (χ1v) is 6.39. The fourth-order valence-electron chi connectivity index (χ4n) is 1.54. The summed E-state index contributed by atoms with van der Waals surface area (Å²) in [6.45, 7) is 3.61. The molecule has 1 atom stereocenters. The number of alkyl halides is 3. The molecule has 0 saturated carbocycles. The van der Waals surface area contributed by atoms with Gasteiger partial charge in [0.1, 0.15) is 0 Å². The molecule has 6 heteroatoms. The maximum atomic E-state index is 12.5. The monoisotopic (exact) mass is 324 g/mol. The van der Waals surface area contributed by atoms with Crippen molar-refractivity contribution in [3.8, 4) is 0 Å². The Hall–Kier alpha value is -0.750. The van der Waals surface area contributed by atoms with E-state index >= 15 is 0 Å². The zero-order valence-electron chi connectivity index (χ0n) is 10.2. The Labute approximate surface area is 113 Å². The predicted octanol–water partition coefficient (Wildman–Crippen LogP) is 3.74. The minimum absolute atomic E-state index is 0.393. The molecule has 0 heterocycles. The van der Waals surface area contributed by atoms with E-state index in [2.05, 4.69) is 33.5 Å². The lowest BCUT2D eigenvalue weighted by Gasteiger charge is -2.15. The summed E-state index contributed by atoms with van der Waals surface area (Å²) in [7, 11) is 1.87.